The van der Waals surface area contributed by atoms with E-state index in [9.17, 15) is 0 Å². The molecule has 0 radical (unpaired) electrons. The molecule has 0 fully saturated rings. The van der Waals surface area contributed by atoms with E-state index in [1.807, 2.05) is 7.05 Å². The average Bonchev–Trinajstić information content (AvgIpc) is 2.50. The van der Waals surface area contributed by atoms with Crippen molar-refractivity contribution in [1.29, 1.82) is 0 Å². The Morgan fingerprint density at radius 3 is 2.13 bits per heavy atom. The Kier molecular flexibility index (Phi) is 7.15. The van der Waals surface area contributed by atoms with Crippen LogP contribution in [0.3, 0.4) is 0 Å². The second-order valence-electron chi connectivity index (χ2n) is 6.38. The summed E-state index contributed by atoms with van der Waals surface area (Å²) in [6.45, 7) is 17.9. The summed E-state index contributed by atoms with van der Waals surface area (Å²) in [5.74, 6) is 0. The lowest BCUT2D eigenvalue weighted by Gasteiger charge is -2.17. The molecule has 2 nitrogen and oxygen atoms in total. The van der Waals surface area contributed by atoms with Crippen LogP contribution in [0.15, 0.2) is 47.3 Å². The Bertz CT molecular complexity index is 606. The standard InChI is InChI=1S/C21H32N2/c1-9-19-10-16(5)20(17(6)11-19)13-23-18(7)21(22-8)12-15(4)14(2)3/h10-12,22-23H,7,9,13H2,1-6,8H3/b21-12-. The van der Waals surface area contributed by atoms with E-state index in [0.29, 0.717) is 0 Å². The summed E-state index contributed by atoms with van der Waals surface area (Å²) in [6, 6.07) is 4.57. The third-order valence-electron chi connectivity index (χ3n) is 4.39. The van der Waals surface area contributed by atoms with Crippen LogP contribution in [0.25, 0.3) is 0 Å². The fraction of sp³-hybridized carbons (Fsp3) is 0.429. The molecule has 126 valence electrons. The van der Waals surface area contributed by atoms with Gasteiger partial charge in [0.05, 0.1) is 11.4 Å². The van der Waals surface area contributed by atoms with Crippen molar-refractivity contribution in [2.45, 2.75) is 54.5 Å². The number of rotatable bonds is 7. The zero-order valence-electron chi connectivity index (χ0n) is 15.9. The average molecular weight is 313 g/mol. The molecular formula is C21H32N2. The highest BCUT2D eigenvalue weighted by atomic mass is 15.0. The molecule has 23 heavy (non-hydrogen) atoms. The van der Waals surface area contributed by atoms with Gasteiger partial charge >= 0.3 is 0 Å². The van der Waals surface area contributed by atoms with Gasteiger partial charge in [0.25, 0.3) is 0 Å². The minimum Gasteiger partial charge on any atom is -0.386 e. The second kappa shape index (κ2) is 8.61. The molecule has 0 saturated heterocycles. The molecule has 1 aromatic rings. The van der Waals surface area contributed by atoms with Crippen LogP contribution in [-0.4, -0.2) is 7.05 Å². The van der Waals surface area contributed by atoms with Gasteiger partial charge < -0.3 is 10.6 Å². The lowest BCUT2D eigenvalue weighted by Crippen LogP contribution is -2.21. The van der Waals surface area contributed by atoms with Crippen molar-refractivity contribution < 1.29 is 0 Å². The van der Waals surface area contributed by atoms with Gasteiger partial charge in [-0.25, -0.2) is 0 Å². The van der Waals surface area contributed by atoms with Gasteiger partial charge in [-0.15, -0.1) is 0 Å². The number of likely N-dealkylation sites (N-methyl/N-ethyl adjacent to an activating group) is 1. The van der Waals surface area contributed by atoms with Crippen LogP contribution < -0.4 is 10.6 Å². The van der Waals surface area contributed by atoms with E-state index in [1.54, 1.807) is 0 Å². The molecule has 0 saturated carbocycles. The van der Waals surface area contributed by atoms with Crippen LogP contribution in [-0.2, 0) is 13.0 Å². The van der Waals surface area contributed by atoms with Crippen molar-refractivity contribution in [3.8, 4) is 0 Å². The van der Waals surface area contributed by atoms with Crippen molar-refractivity contribution in [2.75, 3.05) is 7.05 Å². The van der Waals surface area contributed by atoms with Crippen LogP contribution in [0.2, 0.25) is 0 Å². The van der Waals surface area contributed by atoms with Crippen molar-refractivity contribution in [3.05, 3.63) is 69.6 Å². The molecule has 0 aliphatic heterocycles. The number of benzene rings is 1. The third kappa shape index (κ3) is 5.31. The van der Waals surface area contributed by atoms with E-state index in [4.69, 9.17) is 0 Å². The fourth-order valence-corrected chi connectivity index (χ4v) is 2.53. The number of allylic oxidation sites excluding steroid dienone is 3. The smallest absolute Gasteiger partial charge is 0.0569 e. The minimum absolute atomic E-state index is 0.799. The molecule has 0 spiro atoms. The maximum absolute atomic E-state index is 4.18. The normalized spacial score (nSPS) is 11.2. The summed E-state index contributed by atoms with van der Waals surface area (Å²) in [4.78, 5) is 0. The molecule has 2 heteroatoms. The minimum atomic E-state index is 0.799. The van der Waals surface area contributed by atoms with E-state index in [1.165, 1.54) is 33.4 Å². The summed E-state index contributed by atoms with van der Waals surface area (Å²) in [6.07, 6.45) is 3.22. The highest BCUT2D eigenvalue weighted by molar-refractivity contribution is 5.39. The zero-order chi connectivity index (χ0) is 17.6. The fourth-order valence-electron chi connectivity index (χ4n) is 2.53. The van der Waals surface area contributed by atoms with Crippen molar-refractivity contribution in [1.82, 2.24) is 10.6 Å². The lowest BCUT2D eigenvalue weighted by atomic mass is 9.98. The Morgan fingerprint density at radius 1 is 1.13 bits per heavy atom. The maximum atomic E-state index is 4.18. The first-order chi connectivity index (χ1) is 10.8. The Balaban J connectivity index is 2.89. The first-order valence-electron chi connectivity index (χ1n) is 8.35. The Hall–Kier alpha value is -1.96. The molecule has 0 aliphatic carbocycles. The lowest BCUT2D eigenvalue weighted by molar-refractivity contribution is 0.786. The molecule has 2 N–H and O–H groups in total. The van der Waals surface area contributed by atoms with E-state index in [-0.39, 0.29) is 0 Å². The molecule has 0 unspecified atom stereocenters. The number of aryl methyl sites for hydroxylation is 3. The molecule has 1 rings (SSSR count). The van der Waals surface area contributed by atoms with Crippen LogP contribution >= 0.6 is 0 Å². The van der Waals surface area contributed by atoms with Gasteiger partial charge in [-0.2, -0.15) is 0 Å². The second-order valence-corrected chi connectivity index (χ2v) is 6.38. The van der Waals surface area contributed by atoms with Gasteiger partial charge in [-0.3, -0.25) is 0 Å². The highest BCUT2D eigenvalue weighted by Crippen LogP contribution is 2.18. The first-order valence-corrected chi connectivity index (χ1v) is 8.35. The van der Waals surface area contributed by atoms with Crippen LogP contribution in [0.1, 0.15) is 49.9 Å². The Labute approximate surface area is 142 Å². The third-order valence-corrected chi connectivity index (χ3v) is 4.39. The van der Waals surface area contributed by atoms with Gasteiger partial charge in [-0.05, 0) is 69.4 Å². The van der Waals surface area contributed by atoms with Crippen LogP contribution in [0.5, 0.6) is 0 Å². The summed E-state index contributed by atoms with van der Waals surface area (Å²) < 4.78 is 0. The van der Waals surface area contributed by atoms with Gasteiger partial charge in [0, 0.05) is 13.6 Å². The van der Waals surface area contributed by atoms with Gasteiger partial charge in [0.15, 0.2) is 0 Å². The largest absolute Gasteiger partial charge is 0.386 e. The van der Waals surface area contributed by atoms with E-state index >= 15 is 0 Å². The molecule has 0 bridgehead atoms. The topological polar surface area (TPSA) is 24.1 Å². The highest BCUT2D eigenvalue weighted by Gasteiger charge is 2.07. The summed E-state index contributed by atoms with van der Waals surface area (Å²) in [5.41, 5.74) is 9.98. The molecule has 0 atom stereocenters. The van der Waals surface area contributed by atoms with Crippen molar-refractivity contribution >= 4 is 0 Å². The van der Waals surface area contributed by atoms with Crippen molar-refractivity contribution in [3.63, 3.8) is 0 Å². The molecular weight excluding hydrogens is 280 g/mol. The number of hydrogen-bond donors (Lipinski definition) is 2. The van der Waals surface area contributed by atoms with E-state index < -0.39 is 0 Å². The van der Waals surface area contributed by atoms with E-state index in [0.717, 1.165) is 24.4 Å². The molecule has 0 aromatic heterocycles. The predicted molar refractivity (Wildman–Crippen MR) is 102 cm³/mol. The summed E-state index contributed by atoms with van der Waals surface area (Å²) in [5, 5.41) is 6.70. The molecule has 0 heterocycles. The number of nitrogens with one attached hydrogen (secondary N) is 2. The van der Waals surface area contributed by atoms with Crippen molar-refractivity contribution in [2.24, 2.45) is 0 Å². The van der Waals surface area contributed by atoms with Gasteiger partial charge in [0.2, 0.25) is 0 Å². The monoisotopic (exact) mass is 312 g/mol. The molecule has 0 amide bonds. The predicted octanol–water partition coefficient (Wildman–Crippen LogP) is 4.93. The van der Waals surface area contributed by atoms with Gasteiger partial charge in [0.1, 0.15) is 0 Å². The quantitative estimate of drug-likeness (QED) is 0.698. The molecule has 0 aliphatic rings. The van der Waals surface area contributed by atoms with Crippen LogP contribution in [0, 0.1) is 13.8 Å². The summed E-state index contributed by atoms with van der Waals surface area (Å²) >= 11 is 0. The number of hydrogen-bond acceptors (Lipinski definition) is 2. The van der Waals surface area contributed by atoms with E-state index in [2.05, 4.69) is 77.0 Å². The first kappa shape index (κ1) is 19.1. The SMILES string of the molecule is C=C(NCc1c(C)cc(CC)cc1C)/C(=C/C(C)=C(C)C)NC. The maximum Gasteiger partial charge on any atom is 0.0569 e. The van der Waals surface area contributed by atoms with Crippen LogP contribution in [0.4, 0.5) is 0 Å². The molecule has 1 aromatic carbocycles. The van der Waals surface area contributed by atoms with Gasteiger partial charge in [-0.1, -0.05) is 36.8 Å². The zero-order valence-corrected chi connectivity index (χ0v) is 15.9. The Morgan fingerprint density at radius 2 is 1.70 bits per heavy atom. The summed E-state index contributed by atoms with van der Waals surface area (Å²) in [7, 11) is 1.93.